The van der Waals surface area contributed by atoms with Gasteiger partial charge in [-0.05, 0) is 39.8 Å². The molecule has 5 heteroatoms. The fourth-order valence-electron chi connectivity index (χ4n) is 2.86. The van der Waals surface area contributed by atoms with Crippen LogP contribution in [0, 0.1) is 0 Å². The molecule has 5 nitrogen and oxygen atoms in total. The first kappa shape index (κ1) is 16.3. The van der Waals surface area contributed by atoms with E-state index in [2.05, 4.69) is 36.0 Å². The molecule has 2 saturated heterocycles. The molecule has 0 radical (unpaired) electrons. The lowest BCUT2D eigenvalue weighted by Crippen LogP contribution is -2.38. The van der Waals surface area contributed by atoms with E-state index in [1.807, 2.05) is 4.90 Å². The molecule has 1 amide bonds. The van der Waals surface area contributed by atoms with Gasteiger partial charge in [-0.2, -0.15) is 0 Å². The van der Waals surface area contributed by atoms with Crippen molar-refractivity contribution in [3.05, 3.63) is 12.2 Å². The zero-order valence-electron chi connectivity index (χ0n) is 13.5. The number of likely N-dealkylation sites (N-methyl/N-ethyl adjacent to an activating group) is 1. The number of rotatable bonds is 5. The minimum Gasteiger partial charge on any atom is -0.445 e. The van der Waals surface area contributed by atoms with Crippen LogP contribution in [-0.2, 0) is 4.74 Å². The Balaban J connectivity index is 1.65. The van der Waals surface area contributed by atoms with Crippen molar-refractivity contribution >= 4 is 6.09 Å². The molecule has 0 bridgehead atoms. The van der Waals surface area contributed by atoms with Crippen LogP contribution in [0.15, 0.2) is 12.2 Å². The summed E-state index contributed by atoms with van der Waals surface area (Å²) in [5.41, 5.74) is 0. The van der Waals surface area contributed by atoms with E-state index in [1.54, 1.807) is 0 Å². The van der Waals surface area contributed by atoms with Crippen molar-refractivity contribution in [2.24, 2.45) is 0 Å². The molecule has 21 heavy (non-hydrogen) atoms. The molecule has 0 aromatic heterocycles. The second kappa shape index (κ2) is 8.39. The average Bonchev–Trinajstić information content (AvgIpc) is 2.92. The molecule has 0 saturated carbocycles. The van der Waals surface area contributed by atoms with Crippen molar-refractivity contribution < 1.29 is 9.53 Å². The minimum atomic E-state index is -0.107. The summed E-state index contributed by atoms with van der Waals surface area (Å²) in [4.78, 5) is 18.4. The van der Waals surface area contributed by atoms with Gasteiger partial charge in [-0.15, -0.1) is 0 Å². The third-order valence-corrected chi connectivity index (χ3v) is 4.11. The second-order valence-electron chi connectivity index (χ2n) is 6.34. The predicted molar refractivity (Wildman–Crippen MR) is 84.4 cm³/mol. The van der Waals surface area contributed by atoms with Crippen LogP contribution in [0.1, 0.15) is 25.7 Å². The van der Waals surface area contributed by atoms with Gasteiger partial charge in [0.1, 0.15) is 6.10 Å². The van der Waals surface area contributed by atoms with E-state index in [9.17, 15) is 4.79 Å². The first-order chi connectivity index (χ1) is 10.1. The summed E-state index contributed by atoms with van der Waals surface area (Å²) in [5.74, 6) is 0. The van der Waals surface area contributed by atoms with E-state index >= 15 is 0 Å². The van der Waals surface area contributed by atoms with Crippen molar-refractivity contribution in [3.63, 3.8) is 0 Å². The maximum Gasteiger partial charge on any atom is 0.410 e. The summed E-state index contributed by atoms with van der Waals surface area (Å²) in [6.45, 7) is 5.54. The fraction of sp³-hybridized carbons (Fsp3) is 0.812. The number of piperidine rings is 1. The van der Waals surface area contributed by atoms with E-state index in [4.69, 9.17) is 4.74 Å². The van der Waals surface area contributed by atoms with E-state index in [1.165, 1.54) is 6.42 Å². The lowest BCUT2D eigenvalue weighted by Gasteiger charge is -2.27. The van der Waals surface area contributed by atoms with Gasteiger partial charge in [-0.3, -0.25) is 4.90 Å². The molecule has 1 unspecified atom stereocenters. The number of hydrogen-bond acceptors (Lipinski definition) is 4. The van der Waals surface area contributed by atoms with E-state index in [0.29, 0.717) is 0 Å². The second-order valence-corrected chi connectivity index (χ2v) is 6.34. The Labute approximate surface area is 128 Å². The molecule has 2 heterocycles. The highest BCUT2D eigenvalue weighted by molar-refractivity contribution is 5.67. The Hall–Kier alpha value is -1.07. The number of hydrogen-bond donors (Lipinski definition) is 0. The van der Waals surface area contributed by atoms with Gasteiger partial charge in [0.25, 0.3) is 0 Å². The van der Waals surface area contributed by atoms with Crippen LogP contribution < -0.4 is 0 Å². The summed E-state index contributed by atoms with van der Waals surface area (Å²) >= 11 is 0. The first-order valence-electron chi connectivity index (χ1n) is 8.13. The monoisotopic (exact) mass is 295 g/mol. The molecule has 2 aliphatic rings. The molecule has 2 fully saturated rings. The van der Waals surface area contributed by atoms with Gasteiger partial charge < -0.3 is 14.5 Å². The van der Waals surface area contributed by atoms with Crippen LogP contribution >= 0.6 is 0 Å². The molecule has 0 aliphatic carbocycles. The molecule has 1 atom stereocenters. The largest absolute Gasteiger partial charge is 0.445 e. The lowest BCUT2D eigenvalue weighted by molar-refractivity contribution is 0.0612. The molecule has 0 aromatic carbocycles. The highest BCUT2D eigenvalue weighted by Gasteiger charge is 2.27. The van der Waals surface area contributed by atoms with Crippen LogP contribution in [-0.4, -0.2) is 80.3 Å². The summed E-state index contributed by atoms with van der Waals surface area (Å²) in [7, 11) is 4.13. The fourth-order valence-corrected chi connectivity index (χ4v) is 2.86. The van der Waals surface area contributed by atoms with Gasteiger partial charge in [-0.1, -0.05) is 12.2 Å². The Kier molecular flexibility index (Phi) is 6.51. The molecule has 0 N–H and O–H groups in total. The van der Waals surface area contributed by atoms with Gasteiger partial charge >= 0.3 is 6.09 Å². The number of carbonyl (C=O) groups is 1. The highest BCUT2D eigenvalue weighted by Crippen LogP contribution is 2.16. The summed E-state index contributed by atoms with van der Waals surface area (Å²) in [5, 5.41) is 0. The Bertz CT molecular complexity index is 351. The van der Waals surface area contributed by atoms with Gasteiger partial charge in [-0.25, -0.2) is 4.79 Å². The number of amides is 1. The van der Waals surface area contributed by atoms with Crippen LogP contribution in [0.5, 0.6) is 0 Å². The molecule has 0 spiro atoms. The summed E-state index contributed by atoms with van der Waals surface area (Å²) < 4.78 is 5.64. The topological polar surface area (TPSA) is 36.0 Å². The molecular formula is C16H29N3O2. The number of ether oxygens (including phenoxy) is 1. The van der Waals surface area contributed by atoms with Gasteiger partial charge in [0.15, 0.2) is 0 Å². The normalized spacial score (nSPS) is 24.1. The average molecular weight is 295 g/mol. The van der Waals surface area contributed by atoms with E-state index in [0.717, 1.165) is 58.5 Å². The number of likely N-dealkylation sites (tertiary alicyclic amines) is 2. The van der Waals surface area contributed by atoms with Gasteiger partial charge in [0.05, 0.1) is 0 Å². The van der Waals surface area contributed by atoms with Crippen molar-refractivity contribution in [3.8, 4) is 0 Å². The highest BCUT2D eigenvalue weighted by atomic mass is 16.6. The predicted octanol–water partition coefficient (Wildman–Crippen LogP) is 1.80. The Morgan fingerprint density at radius 2 is 1.95 bits per heavy atom. The molecule has 120 valence electrons. The Morgan fingerprint density at radius 3 is 2.67 bits per heavy atom. The SMILES string of the molecule is CN(C)C/C=C/CN1CCC(OC(=O)N2CCCCC2)C1. The lowest BCUT2D eigenvalue weighted by atomic mass is 10.1. The third-order valence-electron chi connectivity index (χ3n) is 4.11. The molecule has 2 rings (SSSR count). The van der Waals surface area contributed by atoms with Crippen molar-refractivity contribution in [1.29, 1.82) is 0 Å². The maximum atomic E-state index is 12.1. The first-order valence-corrected chi connectivity index (χ1v) is 8.13. The summed E-state index contributed by atoms with van der Waals surface area (Å²) in [6, 6.07) is 0. The standard InChI is InChI=1S/C16H29N3O2/c1-17(2)9-6-7-10-18-13-8-15(14-18)21-16(20)19-11-4-3-5-12-19/h6-7,15H,3-5,8-14H2,1-2H3/b7-6+. The van der Waals surface area contributed by atoms with Gasteiger partial charge in [0.2, 0.25) is 0 Å². The maximum absolute atomic E-state index is 12.1. The van der Waals surface area contributed by atoms with Crippen LogP contribution in [0.4, 0.5) is 4.79 Å². The van der Waals surface area contributed by atoms with Crippen LogP contribution in [0.2, 0.25) is 0 Å². The smallest absolute Gasteiger partial charge is 0.410 e. The number of carbonyl (C=O) groups excluding carboxylic acids is 1. The van der Waals surface area contributed by atoms with E-state index in [-0.39, 0.29) is 12.2 Å². The van der Waals surface area contributed by atoms with Gasteiger partial charge in [0, 0.05) is 39.3 Å². The minimum absolute atomic E-state index is 0.0710. The summed E-state index contributed by atoms with van der Waals surface area (Å²) in [6.07, 6.45) is 8.78. The van der Waals surface area contributed by atoms with Crippen LogP contribution in [0.25, 0.3) is 0 Å². The zero-order chi connectivity index (χ0) is 15.1. The quantitative estimate of drug-likeness (QED) is 0.725. The van der Waals surface area contributed by atoms with Crippen LogP contribution in [0.3, 0.4) is 0 Å². The third kappa shape index (κ3) is 5.67. The Morgan fingerprint density at radius 1 is 1.19 bits per heavy atom. The van der Waals surface area contributed by atoms with Crippen molar-refractivity contribution in [2.45, 2.75) is 31.8 Å². The zero-order valence-corrected chi connectivity index (χ0v) is 13.5. The molecular weight excluding hydrogens is 266 g/mol. The van der Waals surface area contributed by atoms with Crippen molar-refractivity contribution in [1.82, 2.24) is 14.7 Å². The molecule has 0 aromatic rings. The molecule has 2 aliphatic heterocycles. The van der Waals surface area contributed by atoms with Crippen molar-refractivity contribution in [2.75, 3.05) is 53.4 Å². The number of nitrogens with zero attached hydrogens (tertiary/aromatic N) is 3. The van der Waals surface area contributed by atoms with E-state index < -0.39 is 0 Å².